The van der Waals surface area contributed by atoms with Gasteiger partial charge in [-0.1, -0.05) is 198 Å². The van der Waals surface area contributed by atoms with E-state index in [9.17, 15) is 4.39 Å². The average molecular weight is 681 g/mol. The number of aryl methyl sites for hydroxylation is 2. The summed E-state index contributed by atoms with van der Waals surface area (Å²) in [6.07, 6.45) is 2.16. The van der Waals surface area contributed by atoms with Gasteiger partial charge in [-0.3, -0.25) is 0 Å². The number of rotatable bonds is 5. The van der Waals surface area contributed by atoms with Crippen molar-refractivity contribution >= 4 is 0 Å². The molecule has 0 nitrogen and oxygen atoms in total. The van der Waals surface area contributed by atoms with Crippen LogP contribution in [0, 0.1) is 25.6 Å². The lowest BCUT2D eigenvalue weighted by Crippen LogP contribution is -2.10. The predicted octanol–water partition coefficient (Wildman–Crippen LogP) is 15.9. The van der Waals surface area contributed by atoms with E-state index in [0.717, 1.165) is 5.92 Å². The molecule has 0 amide bonds. The van der Waals surface area contributed by atoms with Crippen molar-refractivity contribution < 1.29 is 4.39 Å². The summed E-state index contributed by atoms with van der Waals surface area (Å²) in [4.78, 5) is 0. The highest BCUT2D eigenvalue weighted by atomic mass is 19.1. The van der Waals surface area contributed by atoms with Crippen molar-refractivity contribution in [2.24, 2.45) is 5.92 Å². The average Bonchev–Trinajstić information content (AvgIpc) is 3.05. The summed E-state index contributed by atoms with van der Waals surface area (Å²) in [5.74, 6) is 2.99. The first-order valence-electron chi connectivity index (χ1n) is 18.8. The number of benzene rings is 4. The molecule has 0 atom stereocenters. The van der Waals surface area contributed by atoms with E-state index < -0.39 is 0 Å². The van der Waals surface area contributed by atoms with Crippen molar-refractivity contribution in [1.29, 1.82) is 0 Å². The van der Waals surface area contributed by atoms with Crippen LogP contribution >= 0.6 is 0 Å². The summed E-state index contributed by atoms with van der Waals surface area (Å²) in [6.45, 7) is 37.2. The lowest BCUT2D eigenvalue weighted by atomic mass is 9.86. The molecule has 0 bridgehead atoms. The number of hydrogen-bond donors (Lipinski definition) is 0. The van der Waals surface area contributed by atoms with Crippen LogP contribution in [0.4, 0.5) is 4.39 Å². The lowest BCUT2D eigenvalue weighted by molar-refractivity contribution is 0.589. The zero-order chi connectivity index (χ0) is 38.6. The summed E-state index contributed by atoms with van der Waals surface area (Å²) in [7, 11) is 0. The highest BCUT2D eigenvalue weighted by molar-refractivity contribution is 5.30. The molecule has 0 fully saturated rings. The van der Waals surface area contributed by atoms with E-state index in [0.29, 0.717) is 23.7 Å². The van der Waals surface area contributed by atoms with Gasteiger partial charge >= 0.3 is 0 Å². The molecule has 4 aromatic rings. The monoisotopic (exact) mass is 681 g/mol. The summed E-state index contributed by atoms with van der Waals surface area (Å²) in [5.41, 5.74) is 11.4. The smallest absolute Gasteiger partial charge is 0.123 e. The fourth-order valence-electron chi connectivity index (χ4n) is 4.73. The molecule has 0 heterocycles. The highest BCUT2D eigenvalue weighted by Gasteiger charge is 2.13. The van der Waals surface area contributed by atoms with Crippen molar-refractivity contribution in [3.8, 4) is 0 Å². The quantitative estimate of drug-likeness (QED) is 0.184. The van der Waals surface area contributed by atoms with Crippen molar-refractivity contribution in [1.82, 2.24) is 0 Å². The molecular weight excluding hydrogens is 608 g/mol. The van der Waals surface area contributed by atoms with Gasteiger partial charge < -0.3 is 0 Å². The first-order chi connectivity index (χ1) is 23.2. The minimum Gasteiger partial charge on any atom is -0.207 e. The van der Waals surface area contributed by atoms with Crippen LogP contribution in [0.3, 0.4) is 0 Å². The molecule has 0 aromatic heterocycles. The van der Waals surface area contributed by atoms with Gasteiger partial charge in [0.05, 0.1) is 0 Å². The molecule has 0 aliphatic carbocycles. The highest BCUT2D eigenvalue weighted by Crippen LogP contribution is 2.24. The third kappa shape index (κ3) is 20.3. The van der Waals surface area contributed by atoms with Crippen LogP contribution in [0.1, 0.15) is 166 Å². The Bertz CT molecular complexity index is 1440. The molecule has 0 aliphatic heterocycles. The molecular formula is C49H73F. The van der Waals surface area contributed by atoms with E-state index in [2.05, 4.69) is 191 Å². The Balaban J connectivity index is 0.000000609. The second-order valence-electron chi connectivity index (χ2n) is 16.1. The Morgan fingerprint density at radius 1 is 0.520 bits per heavy atom. The van der Waals surface area contributed by atoms with Gasteiger partial charge in [-0.15, -0.1) is 0 Å². The van der Waals surface area contributed by atoms with Crippen LogP contribution in [-0.2, 0) is 5.41 Å². The Morgan fingerprint density at radius 3 is 1.16 bits per heavy atom. The Hall–Kier alpha value is -3.45. The van der Waals surface area contributed by atoms with Crippen LogP contribution in [0.5, 0.6) is 0 Å². The molecule has 0 saturated heterocycles. The molecule has 4 aromatic carbocycles. The van der Waals surface area contributed by atoms with Gasteiger partial charge in [0.1, 0.15) is 5.82 Å². The van der Waals surface area contributed by atoms with Crippen LogP contribution < -0.4 is 0 Å². The third-order valence-electron chi connectivity index (χ3n) is 8.72. The van der Waals surface area contributed by atoms with Crippen LogP contribution in [-0.4, -0.2) is 0 Å². The minimum absolute atomic E-state index is 0.163. The molecule has 0 aliphatic rings. The summed E-state index contributed by atoms with van der Waals surface area (Å²) >= 11 is 0. The zero-order valence-corrected chi connectivity index (χ0v) is 35.1. The van der Waals surface area contributed by atoms with Gasteiger partial charge in [0, 0.05) is 0 Å². The summed E-state index contributed by atoms with van der Waals surface area (Å²) in [6, 6.07) is 32.9. The van der Waals surface area contributed by atoms with Gasteiger partial charge in [-0.2, -0.15) is 0 Å². The molecule has 0 spiro atoms. The van der Waals surface area contributed by atoms with Crippen LogP contribution in [0.25, 0.3) is 0 Å². The molecule has 0 N–H and O–H groups in total. The van der Waals surface area contributed by atoms with Crippen molar-refractivity contribution in [2.45, 2.75) is 147 Å². The van der Waals surface area contributed by atoms with Gasteiger partial charge in [0.25, 0.3) is 0 Å². The SMILES string of the molecule is C/C=C(\C)C(C)C.CC(C)c1ccc(C(C)(C)C)cc1.CC(C)c1ccc(F)cc1.CC(C)c1ccccc1.Cc1cc(C)cc(C(C)C)c1. The van der Waals surface area contributed by atoms with Crippen molar-refractivity contribution in [3.05, 3.63) is 153 Å². The molecule has 0 saturated carbocycles. The summed E-state index contributed by atoms with van der Waals surface area (Å²) in [5, 5.41) is 0. The van der Waals surface area contributed by atoms with Crippen molar-refractivity contribution in [2.75, 3.05) is 0 Å². The molecule has 0 unspecified atom stereocenters. The van der Waals surface area contributed by atoms with E-state index in [4.69, 9.17) is 0 Å². The standard InChI is InChI=1S/C13H20.C11H16.C9H11F.C9H12.C7H14/c1-10(2)11-6-8-12(9-7-11)13(3,4)5;1-8(2)11-6-9(3)5-10(4)7-11;1-7(2)8-3-5-9(10)6-4-8;1-8(2)9-6-4-3-5-7-9;1-5-7(4)6(2)3/h6-10H,1-5H3;5-8H,1-4H3;3-7H,1-2H3;3-8H,1-2H3;5-6H,1-4H3/b;;;;7-5+. The van der Waals surface area contributed by atoms with Crippen LogP contribution in [0.2, 0.25) is 0 Å². The normalized spacial score (nSPS) is 11.2. The van der Waals surface area contributed by atoms with E-state index in [1.54, 1.807) is 0 Å². The number of halogens is 1. The molecule has 0 radical (unpaired) electrons. The largest absolute Gasteiger partial charge is 0.207 e. The molecule has 4 rings (SSSR count). The Labute approximate surface area is 309 Å². The minimum atomic E-state index is -0.163. The maximum absolute atomic E-state index is 12.4. The van der Waals surface area contributed by atoms with Gasteiger partial charge in [0.2, 0.25) is 0 Å². The predicted molar refractivity (Wildman–Crippen MR) is 225 cm³/mol. The van der Waals surface area contributed by atoms with E-state index in [1.165, 1.54) is 56.6 Å². The maximum atomic E-state index is 12.4. The second-order valence-corrected chi connectivity index (χ2v) is 16.1. The van der Waals surface area contributed by atoms with Gasteiger partial charge in [-0.05, 0) is 103 Å². The summed E-state index contributed by atoms with van der Waals surface area (Å²) < 4.78 is 12.4. The van der Waals surface area contributed by atoms with E-state index in [-0.39, 0.29) is 11.2 Å². The van der Waals surface area contributed by atoms with E-state index in [1.807, 2.05) is 18.2 Å². The molecule has 50 heavy (non-hydrogen) atoms. The van der Waals surface area contributed by atoms with Gasteiger partial charge in [0.15, 0.2) is 0 Å². The van der Waals surface area contributed by atoms with Crippen molar-refractivity contribution in [3.63, 3.8) is 0 Å². The first-order valence-corrected chi connectivity index (χ1v) is 18.8. The fourth-order valence-corrected chi connectivity index (χ4v) is 4.73. The lowest BCUT2D eigenvalue weighted by Gasteiger charge is -2.19. The molecule has 276 valence electrons. The Kier molecular flexibility index (Phi) is 22.2. The maximum Gasteiger partial charge on any atom is 0.123 e. The number of hydrogen-bond acceptors (Lipinski definition) is 0. The van der Waals surface area contributed by atoms with E-state index >= 15 is 0 Å². The van der Waals surface area contributed by atoms with Gasteiger partial charge in [-0.25, -0.2) is 4.39 Å². The number of allylic oxidation sites excluding steroid dienone is 2. The van der Waals surface area contributed by atoms with Crippen LogP contribution in [0.15, 0.2) is 109 Å². The third-order valence-corrected chi connectivity index (χ3v) is 8.72. The topological polar surface area (TPSA) is 0 Å². The Morgan fingerprint density at radius 2 is 0.880 bits per heavy atom. The fraction of sp³-hybridized carbons (Fsp3) is 0.469. The first kappa shape index (κ1) is 46.6. The second kappa shape index (κ2) is 23.9. The zero-order valence-electron chi connectivity index (χ0n) is 35.1. The molecule has 1 heteroatoms.